The van der Waals surface area contributed by atoms with Crippen LogP contribution in [0.2, 0.25) is 0 Å². The number of nitrogens with one attached hydrogen (secondary N) is 1. The van der Waals surface area contributed by atoms with Crippen LogP contribution in [0.1, 0.15) is 25.0 Å². The van der Waals surface area contributed by atoms with Gasteiger partial charge in [-0.25, -0.2) is 0 Å². The van der Waals surface area contributed by atoms with Gasteiger partial charge >= 0.3 is 0 Å². The van der Waals surface area contributed by atoms with E-state index in [1.54, 1.807) is 0 Å². The molecule has 0 saturated carbocycles. The van der Waals surface area contributed by atoms with Gasteiger partial charge in [-0.15, -0.1) is 0 Å². The average molecular weight is 249 g/mol. The van der Waals surface area contributed by atoms with E-state index < -0.39 is 0 Å². The second kappa shape index (κ2) is 6.40. The number of benzene rings is 1. The molecule has 0 atom stereocenters. The lowest BCUT2D eigenvalue weighted by Crippen LogP contribution is -2.38. The van der Waals surface area contributed by atoms with E-state index in [1.165, 1.54) is 5.56 Å². The van der Waals surface area contributed by atoms with Crippen molar-refractivity contribution in [2.75, 3.05) is 18.5 Å². The van der Waals surface area contributed by atoms with Crippen molar-refractivity contribution < 1.29 is 4.79 Å². The van der Waals surface area contributed by atoms with E-state index in [-0.39, 0.29) is 11.9 Å². The number of anilines is 1. The fourth-order valence-electron chi connectivity index (χ4n) is 1.87. The van der Waals surface area contributed by atoms with Crippen LogP contribution in [0.5, 0.6) is 0 Å². The maximum Gasteiger partial charge on any atom is 0.239 e. The third kappa shape index (κ3) is 4.04. The highest BCUT2D eigenvalue weighted by molar-refractivity contribution is 5.81. The Hall–Kier alpha value is -1.55. The molecule has 0 spiro atoms. The number of amides is 1. The lowest BCUT2D eigenvalue weighted by Gasteiger charge is -2.22. The summed E-state index contributed by atoms with van der Waals surface area (Å²) in [7, 11) is 1.91. The van der Waals surface area contributed by atoms with Gasteiger partial charge < -0.3 is 16.0 Å². The molecule has 0 radical (unpaired) electrons. The molecule has 1 aromatic carbocycles. The highest BCUT2D eigenvalue weighted by Gasteiger charge is 2.11. The molecule has 1 aromatic rings. The summed E-state index contributed by atoms with van der Waals surface area (Å²) in [5.41, 5.74) is 8.97. The second-order valence-electron chi connectivity index (χ2n) is 4.91. The van der Waals surface area contributed by atoms with Crippen LogP contribution >= 0.6 is 0 Å². The van der Waals surface area contributed by atoms with E-state index in [1.807, 2.05) is 44.9 Å². The van der Waals surface area contributed by atoms with Crippen molar-refractivity contribution in [2.24, 2.45) is 5.73 Å². The SMILES string of the molecule is Cc1ccc(CN)c(N(C)CC(=O)NC(C)C)c1. The van der Waals surface area contributed by atoms with E-state index in [0.29, 0.717) is 13.1 Å². The Morgan fingerprint density at radius 2 is 2.11 bits per heavy atom. The summed E-state index contributed by atoms with van der Waals surface area (Å²) >= 11 is 0. The molecule has 1 rings (SSSR count). The van der Waals surface area contributed by atoms with Crippen LogP contribution in [-0.2, 0) is 11.3 Å². The molecule has 0 heterocycles. The Kier molecular flexibility index (Phi) is 5.16. The number of hydrogen-bond donors (Lipinski definition) is 2. The van der Waals surface area contributed by atoms with Crippen molar-refractivity contribution in [3.63, 3.8) is 0 Å². The van der Waals surface area contributed by atoms with Crippen LogP contribution in [0.25, 0.3) is 0 Å². The standard InChI is InChI=1S/C14H23N3O/c1-10(2)16-14(18)9-17(4)13-7-11(3)5-6-12(13)8-15/h5-7,10H,8-9,15H2,1-4H3,(H,16,18). The fourth-order valence-corrected chi connectivity index (χ4v) is 1.87. The lowest BCUT2D eigenvalue weighted by atomic mass is 10.1. The molecule has 0 bridgehead atoms. The number of rotatable bonds is 5. The molecule has 0 aliphatic heterocycles. The zero-order valence-electron chi connectivity index (χ0n) is 11.7. The van der Waals surface area contributed by atoms with E-state index in [4.69, 9.17) is 5.73 Å². The molecule has 0 unspecified atom stereocenters. The van der Waals surface area contributed by atoms with Gasteiger partial charge in [-0.05, 0) is 38.0 Å². The second-order valence-corrected chi connectivity index (χ2v) is 4.91. The number of hydrogen-bond acceptors (Lipinski definition) is 3. The first-order valence-corrected chi connectivity index (χ1v) is 6.24. The number of nitrogens with two attached hydrogens (primary N) is 1. The zero-order valence-corrected chi connectivity index (χ0v) is 11.7. The van der Waals surface area contributed by atoms with Gasteiger partial charge in [0.25, 0.3) is 0 Å². The molecule has 4 heteroatoms. The molecule has 4 nitrogen and oxygen atoms in total. The minimum atomic E-state index is 0.0250. The van der Waals surface area contributed by atoms with Crippen LogP contribution in [0.4, 0.5) is 5.69 Å². The summed E-state index contributed by atoms with van der Waals surface area (Å²) in [6.45, 7) is 6.76. The van der Waals surface area contributed by atoms with Crippen LogP contribution in [0.15, 0.2) is 18.2 Å². The van der Waals surface area contributed by atoms with E-state index >= 15 is 0 Å². The van der Waals surface area contributed by atoms with Gasteiger partial charge in [-0.2, -0.15) is 0 Å². The monoisotopic (exact) mass is 249 g/mol. The van der Waals surface area contributed by atoms with Crippen LogP contribution in [-0.4, -0.2) is 25.5 Å². The Labute approximate surface area is 109 Å². The topological polar surface area (TPSA) is 58.4 Å². The number of carbonyl (C=O) groups is 1. The minimum absolute atomic E-state index is 0.0250. The molecule has 0 aliphatic rings. The van der Waals surface area contributed by atoms with Gasteiger partial charge in [-0.1, -0.05) is 12.1 Å². The molecular formula is C14H23N3O. The van der Waals surface area contributed by atoms with Crippen molar-refractivity contribution in [3.8, 4) is 0 Å². The van der Waals surface area contributed by atoms with Gasteiger partial charge in [0.2, 0.25) is 5.91 Å². The first-order chi connectivity index (χ1) is 8.43. The third-order valence-electron chi connectivity index (χ3n) is 2.70. The normalized spacial score (nSPS) is 10.6. The third-order valence-corrected chi connectivity index (χ3v) is 2.70. The van der Waals surface area contributed by atoms with Crippen molar-refractivity contribution >= 4 is 11.6 Å². The van der Waals surface area contributed by atoms with Crippen LogP contribution in [0.3, 0.4) is 0 Å². The average Bonchev–Trinajstić information content (AvgIpc) is 2.27. The van der Waals surface area contributed by atoms with Crippen LogP contribution in [0, 0.1) is 6.92 Å². The molecule has 0 aromatic heterocycles. The predicted molar refractivity (Wildman–Crippen MR) is 75.6 cm³/mol. The lowest BCUT2D eigenvalue weighted by molar-refractivity contribution is -0.120. The summed E-state index contributed by atoms with van der Waals surface area (Å²) in [5, 5.41) is 2.88. The smallest absolute Gasteiger partial charge is 0.239 e. The predicted octanol–water partition coefficient (Wildman–Crippen LogP) is 1.41. The van der Waals surface area contributed by atoms with Gasteiger partial charge in [0, 0.05) is 25.3 Å². The van der Waals surface area contributed by atoms with Crippen LogP contribution < -0.4 is 16.0 Å². The van der Waals surface area contributed by atoms with Gasteiger partial charge in [-0.3, -0.25) is 4.79 Å². The summed E-state index contributed by atoms with van der Waals surface area (Å²) < 4.78 is 0. The molecule has 1 amide bonds. The molecule has 100 valence electrons. The number of nitrogens with zero attached hydrogens (tertiary/aromatic N) is 1. The number of carbonyl (C=O) groups excluding carboxylic acids is 1. The van der Waals surface area contributed by atoms with Crippen molar-refractivity contribution in [2.45, 2.75) is 33.4 Å². The van der Waals surface area contributed by atoms with Gasteiger partial charge in [0.05, 0.1) is 6.54 Å². The summed E-state index contributed by atoms with van der Waals surface area (Å²) in [4.78, 5) is 13.7. The quantitative estimate of drug-likeness (QED) is 0.829. The van der Waals surface area contributed by atoms with E-state index in [9.17, 15) is 4.79 Å². The molecule has 3 N–H and O–H groups in total. The Morgan fingerprint density at radius 1 is 1.44 bits per heavy atom. The molecular weight excluding hydrogens is 226 g/mol. The zero-order chi connectivity index (χ0) is 13.7. The van der Waals surface area contributed by atoms with E-state index in [2.05, 4.69) is 11.4 Å². The molecule has 0 fully saturated rings. The highest BCUT2D eigenvalue weighted by atomic mass is 16.2. The first-order valence-electron chi connectivity index (χ1n) is 6.24. The summed E-state index contributed by atoms with van der Waals surface area (Å²) in [6, 6.07) is 6.28. The molecule has 0 saturated heterocycles. The largest absolute Gasteiger partial charge is 0.365 e. The van der Waals surface area contributed by atoms with Crippen molar-refractivity contribution in [1.29, 1.82) is 0 Å². The van der Waals surface area contributed by atoms with Gasteiger partial charge in [0.15, 0.2) is 0 Å². The molecule has 0 aliphatic carbocycles. The van der Waals surface area contributed by atoms with Crippen molar-refractivity contribution in [1.82, 2.24) is 5.32 Å². The number of aryl methyl sites for hydroxylation is 1. The minimum Gasteiger partial charge on any atom is -0.365 e. The summed E-state index contributed by atoms with van der Waals surface area (Å²) in [6.07, 6.45) is 0. The fraction of sp³-hybridized carbons (Fsp3) is 0.500. The Bertz CT molecular complexity index is 416. The maximum absolute atomic E-state index is 11.7. The highest BCUT2D eigenvalue weighted by Crippen LogP contribution is 2.20. The first kappa shape index (κ1) is 14.5. The maximum atomic E-state index is 11.7. The van der Waals surface area contributed by atoms with E-state index in [0.717, 1.165) is 11.3 Å². The van der Waals surface area contributed by atoms with Gasteiger partial charge in [0.1, 0.15) is 0 Å². The van der Waals surface area contributed by atoms with Crippen molar-refractivity contribution in [3.05, 3.63) is 29.3 Å². The molecule has 18 heavy (non-hydrogen) atoms. The Balaban J connectivity index is 2.80. The summed E-state index contributed by atoms with van der Waals surface area (Å²) in [5.74, 6) is 0.0250. The Morgan fingerprint density at radius 3 is 2.67 bits per heavy atom. The number of likely N-dealkylation sites (N-methyl/N-ethyl adjacent to an activating group) is 1.